The maximum atomic E-state index is 13.8. The molecule has 1 amide bonds. The van der Waals surface area contributed by atoms with Crippen LogP contribution in [-0.4, -0.2) is 39.2 Å². The van der Waals surface area contributed by atoms with Crippen LogP contribution in [0.1, 0.15) is 36.2 Å². The van der Waals surface area contributed by atoms with Gasteiger partial charge in [-0.1, -0.05) is 28.9 Å². The lowest BCUT2D eigenvalue weighted by Crippen LogP contribution is -2.31. The van der Waals surface area contributed by atoms with Crippen molar-refractivity contribution in [1.82, 2.24) is 20.2 Å². The predicted octanol–water partition coefficient (Wildman–Crippen LogP) is 3.91. The van der Waals surface area contributed by atoms with E-state index in [1.54, 1.807) is 16.9 Å². The molecule has 0 saturated carbocycles. The molecule has 0 aliphatic carbocycles. The molecule has 4 rings (SSSR count). The van der Waals surface area contributed by atoms with Crippen molar-refractivity contribution in [2.24, 2.45) is 0 Å². The van der Waals surface area contributed by atoms with Crippen LogP contribution < -0.4 is 10.2 Å². The van der Waals surface area contributed by atoms with E-state index in [2.05, 4.69) is 32.6 Å². The van der Waals surface area contributed by atoms with Crippen molar-refractivity contribution >= 4 is 23.1 Å². The van der Waals surface area contributed by atoms with Crippen LogP contribution in [0.15, 0.2) is 48.0 Å². The van der Waals surface area contributed by atoms with Crippen LogP contribution in [0.4, 0.5) is 20.4 Å². The Morgan fingerprint density at radius 1 is 1.16 bits per heavy atom. The first-order chi connectivity index (χ1) is 15.0. The first-order valence-electron chi connectivity index (χ1n) is 10.0. The Bertz CT molecular complexity index is 1140. The van der Waals surface area contributed by atoms with E-state index < -0.39 is 17.5 Å². The molecule has 160 valence electrons. The fourth-order valence-corrected chi connectivity index (χ4v) is 3.49. The Morgan fingerprint density at radius 2 is 1.94 bits per heavy atom. The summed E-state index contributed by atoms with van der Waals surface area (Å²) >= 11 is 0. The van der Waals surface area contributed by atoms with Gasteiger partial charge in [-0.15, -0.1) is 5.10 Å². The molecule has 1 aromatic heterocycles. The molecular weight excluding hydrogens is 402 g/mol. The number of nitrogens with one attached hydrogen (secondary N) is 1. The third kappa shape index (κ3) is 4.30. The zero-order chi connectivity index (χ0) is 22.0. The highest BCUT2D eigenvalue weighted by molar-refractivity contribution is 6.04. The summed E-state index contributed by atoms with van der Waals surface area (Å²) < 4.78 is 27.2. The molecule has 2 aromatic carbocycles. The smallest absolute Gasteiger partial charge is 0.266 e. The maximum absolute atomic E-state index is 13.8. The third-order valence-corrected chi connectivity index (χ3v) is 5.32. The molecule has 0 radical (unpaired) electrons. The minimum absolute atomic E-state index is 0.335. The van der Waals surface area contributed by atoms with Gasteiger partial charge in [-0.05, 0) is 60.9 Å². The van der Waals surface area contributed by atoms with E-state index in [0.717, 1.165) is 30.2 Å². The minimum Gasteiger partial charge on any atom is -0.334 e. The topological polar surface area (TPSA) is 75.9 Å². The molecule has 1 N–H and O–H groups in total. The number of carbonyl (C=O) groups excluding carboxylic acids is 1. The summed E-state index contributed by atoms with van der Waals surface area (Å²) in [7, 11) is 0. The second-order valence-electron chi connectivity index (χ2n) is 7.34. The predicted molar refractivity (Wildman–Crippen MR) is 114 cm³/mol. The van der Waals surface area contributed by atoms with E-state index in [1.165, 1.54) is 17.7 Å². The first kappa shape index (κ1) is 20.6. The van der Waals surface area contributed by atoms with Gasteiger partial charge < -0.3 is 10.2 Å². The quantitative estimate of drug-likeness (QED) is 0.672. The molecular formula is C22H22F2N6O. The first-order valence-corrected chi connectivity index (χ1v) is 10.0. The summed E-state index contributed by atoms with van der Waals surface area (Å²) in [4.78, 5) is 15.9. The number of carbonyl (C=O) groups is 1. The zero-order valence-corrected chi connectivity index (χ0v) is 17.3. The van der Waals surface area contributed by atoms with Crippen LogP contribution in [0.2, 0.25) is 0 Å². The SMILES string of the molecule is CCn1nnc(N2CCC(C)=C(c3ccc(NC(=O)c4cccc(F)c4F)cc3)C2)n1. The molecule has 1 aliphatic heterocycles. The monoisotopic (exact) mass is 424 g/mol. The fourth-order valence-electron chi connectivity index (χ4n) is 3.49. The highest BCUT2D eigenvalue weighted by Crippen LogP contribution is 2.29. The van der Waals surface area contributed by atoms with Crippen molar-refractivity contribution in [2.45, 2.75) is 26.8 Å². The second-order valence-corrected chi connectivity index (χ2v) is 7.34. The summed E-state index contributed by atoms with van der Waals surface area (Å²) in [5.41, 5.74) is 3.61. The highest BCUT2D eigenvalue weighted by atomic mass is 19.2. The highest BCUT2D eigenvalue weighted by Gasteiger charge is 2.21. The normalized spacial score (nSPS) is 14.1. The number of nitrogens with zero attached hydrogens (tertiary/aromatic N) is 5. The number of hydrogen-bond acceptors (Lipinski definition) is 5. The molecule has 9 heteroatoms. The summed E-state index contributed by atoms with van der Waals surface area (Å²) in [6, 6.07) is 10.8. The van der Waals surface area contributed by atoms with Gasteiger partial charge in [0.2, 0.25) is 0 Å². The van der Waals surface area contributed by atoms with E-state index in [4.69, 9.17) is 0 Å². The number of benzene rings is 2. The van der Waals surface area contributed by atoms with Crippen LogP contribution in [0.25, 0.3) is 5.57 Å². The van der Waals surface area contributed by atoms with Gasteiger partial charge in [-0.3, -0.25) is 4.79 Å². The standard InChI is InChI=1S/C22H22F2N6O/c1-3-30-27-22(26-28-30)29-12-11-14(2)18(13-29)15-7-9-16(10-8-15)25-21(31)17-5-4-6-19(23)20(17)24/h4-10H,3,11-13H2,1-2H3,(H,25,31). The molecule has 0 spiro atoms. The lowest BCUT2D eigenvalue weighted by molar-refractivity contribution is 0.102. The van der Waals surface area contributed by atoms with E-state index >= 15 is 0 Å². The van der Waals surface area contributed by atoms with Gasteiger partial charge in [0.15, 0.2) is 11.6 Å². The number of aromatic nitrogens is 4. The van der Waals surface area contributed by atoms with E-state index in [-0.39, 0.29) is 5.56 Å². The lowest BCUT2D eigenvalue weighted by atomic mass is 9.95. The lowest BCUT2D eigenvalue weighted by Gasteiger charge is -2.29. The van der Waals surface area contributed by atoms with E-state index in [0.29, 0.717) is 24.7 Å². The van der Waals surface area contributed by atoms with Crippen molar-refractivity contribution in [3.63, 3.8) is 0 Å². The number of tetrazole rings is 1. The molecule has 0 saturated heterocycles. The molecule has 0 bridgehead atoms. The summed E-state index contributed by atoms with van der Waals surface area (Å²) in [6.07, 6.45) is 0.882. The van der Waals surface area contributed by atoms with Crippen LogP contribution in [0, 0.1) is 11.6 Å². The number of aryl methyl sites for hydroxylation is 1. The number of halogens is 2. The molecule has 1 aliphatic rings. The Labute approximate surface area is 178 Å². The van der Waals surface area contributed by atoms with Gasteiger partial charge in [0, 0.05) is 18.8 Å². The second kappa shape index (κ2) is 8.63. The number of rotatable bonds is 5. The average Bonchev–Trinajstić information content (AvgIpc) is 3.26. The Morgan fingerprint density at radius 3 is 2.65 bits per heavy atom. The van der Waals surface area contributed by atoms with Gasteiger partial charge in [0.1, 0.15) is 0 Å². The Kier molecular flexibility index (Phi) is 5.75. The molecule has 0 atom stereocenters. The number of hydrogen-bond donors (Lipinski definition) is 1. The van der Waals surface area contributed by atoms with Crippen molar-refractivity contribution in [1.29, 1.82) is 0 Å². The van der Waals surface area contributed by atoms with Crippen LogP contribution in [0.5, 0.6) is 0 Å². The third-order valence-electron chi connectivity index (χ3n) is 5.32. The summed E-state index contributed by atoms with van der Waals surface area (Å²) in [5, 5.41) is 15.2. The van der Waals surface area contributed by atoms with Crippen LogP contribution in [0.3, 0.4) is 0 Å². The van der Waals surface area contributed by atoms with Gasteiger partial charge in [-0.2, -0.15) is 4.80 Å². The maximum Gasteiger partial charge on any atom is 0.266 e. The van der Waals surface area contributed by atoms with Gasteiger partial charge >= 0.3 is 0 Å². The van der Waals surface area contributed by atoms with Gasteiger partial charge in [0.25, 0.3) is 11.9 Å². The molecule has 3 aromatic rings. The van der Waals surface area contributed by atoms with E-state index in [9.17, 15) is 13.6 Å². The molecule has 0 unspecified atom stereocenters. The number of amides is 1. The van der Waals surface area contributed by atoms with Crippen molar-refractivity contribution < 1.29 is 13.6 Å². The van der Waals surface area contributed by atoms with Gasteiger partial charge in [0.05, 0.1) is 12.1 Å². The largest absolute Gasteiger partial charge is 0.334 e. The summed E-state index contributed by atoms with van der Waals surface area (Å²) in [6.45, 7) is 6.19. The summed E-state index contributed by atoms with van der Waals surface area (Å²) in [5.74, 6) is -2.31. The molecule has 0 fully saturated rings. The Hall–Kier alpha value is -3.62. The van der Waals surface area contributed by atoms with Crippen LogP contribution in [-0.2, 0) is 6.54 Å². The van der Waals surface area contributed by atoms with Crippen molar-refractivity contribution in [2.75, 3.05) is 23.3 Å². The molecule has 2 heterocycles. The van der Waals surface area contributed by atoms with Crippen molar-refractivity contribution in [3.8, 4) is 0 Å². The minimum atomic E-state index is -1.16. The number of anilines is 2. The molecule has 31 heavy (non-hydrogen) atoms. The van der Waals surface area contributed by atoms with E-state index in [1.807, 2.05) is 19.1 Å². The van der Waals surface area contributed by atoms with Gasteiger partial charge in [-0.25, -0.2) is 8.78 Å². The average molecular weight is 424 g/mol. The Balaban J connectivity index is 1.49. The zero-order valence-electron chi connectivity index (χ0n) is 17.3. The fraction of sp³-hybridized carbons (Fsp3) is 0.273. The van der Waals surface area contributed by atoms with Crippen molar-refractivity contribution in [3.05, 3.63) is 70.8 Å². The molecule has 7 nitrogen and oxygen atoms in total. The van der Waals surface area contributed by atoms with Crippen LogP contribution >= 0.6 is 0 Å².